The molecule has 36 heavy (non-hydrogen) atoms. The lowest BCUT2D eigenvalue weighted by atomic mass is 10.0. The second-order valence-electron chi connectivity index (χ2n) is 7.83. The highest BCUT2D eigenvalue weighted by Gasteiger charge is 2.32. The van der Waals surface area contributed by atoms with Crippen molar-refractivity contribution in [2.45, 2.75) is 22.8 Å². The summed E-state index contributed by atoms with van der Waals surface area (Å²) in [4.78, 5) is 19.8. The molecule has 0 fully saturated rings. The number of anilines is 1. The summed E-state index contributed by atoms with van der Waals surface area (Å²) >= 11 is 0. The molecule has 0 aliphatic carbocycles. The Labute approximate surface area is 208 Å². The number of rotatable bonds is 9. The summed E-state index contributed by atoms with van der Waals surface area (Å²) in [5.74, 6) is -1.21. The molecule has 0 radical (unpaired) electrons. The zero-order valence-corrected chi connectivity index (χ0v) is 20.1. The minimum Gasteiger partial charge on any atom is -0.497 e. The van der Waals surface area contributed by atoms with Gasteiger partial charge in [-0.1, -0.05) is 12.1 Å². The fraction of sp³-hybridized carbons (Fsp3) is 0.115. The van der Waals surface area contributed by atoms with E-state index in [4.69, 9.17) is 15.2 Å². The summed E-state index contributed by atoms with van der Waals surface area (Å²) < 4.78 is 38.5. The van der Waals surface area contributed by atoms with Gasteiger partial charge in [0, 0.05) is 36.8 Å². The van der Waals surface area contributed by atoms with E-state index < -0.39 is 26.3 Å². The molecule has 184 valence electrons. The van der Waals surface area contributed by atoms with E-state index in [1.54, 1.807) is 43.0 Å². The minimum atomic E-state index is -4.36. The molecule has 0 saturated carbocycles. The van der Waals surface area contributed by atoms with E-state index >= 15 is 0 Å². The fourth-order valence-corrected chi connectivity index (χ4v) is 5.24. The number of nitrogens with two attached hydrogens (primary N) is 1. The molecule has 0 aliphatic heterocycles. The van der Waals surface area contributed by atoms with E-state index in [0.29, 0.717) is 16.9 Å². The number of hydrogen-bond donors (Lipinski definition) is 2. The van der Waals surface area contributed by atoms with Crippen molar-refractivity contribution < 1.29 is 27.8 Å². The molecule has 0 amide bonds. The summed E-state index contributed by atoms with van der Waals surface area (Å²) in [5.41, 5.74) is 7.85. The molecule has 4 aromatic rings. The normalized spacial score (nSPS) is 11.1. The molecule has 0 aliphatic rings. The van der Waals surface area contributed by atoms with Gasteiger partial charge in [0.2, 0.25) is 9.84 Å². The smallest absolute Gasteiger partial charge is 0.337 e. The minimum absolute atomic E-state index is 0.0276. The molecule has 10 heteroatoms. The number of aromatic carboxylic acids is 1. The highest BCUT2D eigenvalue weighted by Crippen LogP contribution is 2.41. The van der Waals surface area contributed by atoms with Crippen molar-refractivity contribution in [2.75, 3.05) is 12.8 Å². The Morgan fingerprint density at radius 1 is 1.00 bits per heavy atom. The number of carboxylic acids is 1. The van der Waals surface area contributed by atoms with Gasteiger partial charge in [-0.05, 0) is 53.6 Å². The van der Waals surface area contributed by atoms with E-state index in [9.17, 15) is 18.3 Å². The van der Waals surface area contributed by atoms with Crippen LogP contribution in [0, 0.1) is 0 Å². The van der Waals surface area contributed by atoms with Crippen LogP contribution in [0.1, 0.15) is 27.0 Å². The van der Waals surface area contributed by atoms with Gasteiger partial charge >= 0.3 is 5.97 Å². The maximum Gasteiger partial charge on any atom is 0.337 e. The Morgan fingerprint density at radius 2 is 1.64 bits per heavy atom. The van der Waals surface area contributed by atoms with E-state index in [2.05, 4.69) is 9.97 Å². The predicted octanol–water partition coefficient (Wildman–Crippen LogP) is 3.77. The third kappa shape index (κ3) is 5.13. The molecule has 2 aromatic heterocycles. The van der Waals surface area contributed by atoms with E-state index in [-0.39, 0.29) is 29.4 Å². The van der Waals surface area contributed by atoms with Crippen LogP contribution in [0.25, 0.3) is 0 Å². The number of hydrogen-bond acceptors (Lipinski definition) is 8. The van der Waals surface area contributed by atoms with Crippen molar-refractivity contribution >= 4 is 21.5 Å². The van der Waals surface area contributed by atoms with E-state index in [1.165, 1.54) is 37.4 Å². The van der Waals surface area contributed by atoms with Crippen molar-refractivity contribution in [1.29, 1.82) is 0 Å². The summed E-state index contributed by atoms with van der Waals surface area (Å²) in [5, 5.41) is 10.0. The van der Waals surface area contributed by atoms with Crippen molar-refractivity contribution in [1.82, 2.24) is 9.97 Å². The average Bonchev–Trinajstić information content (AvgIpc) is 2.89. The second kappa shape index (κ2) is 10.4. The molecule has 2 heterocycles. The van der Waals surface area contributed by atoms with Crippen LogP contribution in [-0.4, -0.2) is 36.6 Å². The quantitative estimate of drug-likeness (QED) is 0.325. The van der Waals surface area contributed by atoms with Crippen molar-refractivity contribution in [3.8, 4) is 11.5 Å². The number of carboxylic acid groups (broad SMARTS) is 1. The standard InChI is InChI=1S/C26H23N3O6S/c1-34-20-6-8-21(9-7-20)36(32,33)25-22(26(30)31)13-19(12-17-4-2-10-28-14-17)23(27)24(25)35-16-18-5-3-11-29-15-18/h2-11,13-15H,12,16,27H2,1H3,(H,30,31). The lowest BCUT2D eigenvalue weighted by Gasteiger charge is -2.20. The Hall–Kier alpha value is -4.44. The van der Waals surface area contributed by atoms with Crippen LogP contribution in [0.3, 0.4) is 0 Å². The monoisotopic (exact) mass is 505 g/mol. The van der Waals surface area contributed by atoms with Gasteiger partial charge in [0.1, 0.15) is 17.3 Å². The largest absolute Gasteiger partial charge is 0.497 e. The molecule has 2 aromatic carbocycles. The first-order chi connectivity index (χ1) is 17.3. The van der Waals surface area contributed by atoms with Crippen LogP contribution in [0.2, 0.25) is 0 Å². The number of benzene rings is 2. The summed E-state index contributed by atoms with van der Waals surface area (Å²) in [7, 11) is -2.90. The number of nitrogens with zero attached hydrogens (tertiary/aromatic N) is 2. The van der Waals surface area contributed by atoms with Crippen LogP contribution in [-0.2, 0) is 22.9 Å². The first kappa shape index (κ1) is 24.7. The first-order valence-electron chi connectivity index (χ1n) is 10.8. The maximum atomic E-state index is 13.8. The molecule has 0 unspecified atom stereocenters. The molecule has 4 rings (SSSR count). The van der Waals surface area contributed by atoms with E-state index in [0.717, 1.165) is 5.56 Å². The van der Waals surface area contributed by atoms with Gasteiger partial charge in [0.05, 0.1) is 23.3 Å². The lowest BCUT2D eigenvalue weighted by Crippen LogP contribution is -2.15. The molecule has 0 saturated heterocycles. The number of sulfone groups is 1. The number of carbonyl (C=O) groups is 1. The zero-order valence-electron chi connectivity index (χ0n) is 19.3. The molecule has 3 N–H and O–H groups in total. The van der Waals surface area contributed by atoms with E-state index in [1.807, 2.05) is 6.07 Å². The molecule has 9 nitrogen and oxygen atoms in total. The maximum absolute atomic E-state index is 13.8. The van der Waals surface area contributed by atoms with Gasteiger partial charge in [-0.2, -0.15) is 0 Å². The third-order valence-corrected chi connectivity index (χ3v) is 7.29. The molecular weight excluding hydrogens is 482 g/mol. The molecule has 0 atom stereocenters. The van der Waals surface area contributed by atoms with Crippen LogP contribution >= 0.6 is 0 Å². The number of aromatic nitrogens is 2. The number of pyridine rings is 2. The fourth-order valence-electron chi connectivity index (χ4n) is 3.66. The van der Waals surface area contributed by atoms with Gasteiger partial charge in [-0.3, -0.25) is 9.97 Å². The van der Waals surface area contributed by atoms with Crippen molar-refractivity contribution in [2.24, 2.45) is 0 Å². The van der Waals surface area contributed by atoms with Crippen LogP contribution in [0.15, 0.2) is 89.2 Å². The Kier molecular flexibility index (Phi) is 7.16. The number of ether oxygens (including phenoxy) is 2. The third-order valence-electron chi connectivity index (χ3n) is 5.45. The van der Waals surface area contributed by atoms with Crippen LogP contribution in [0.5, 0.6) is 11.5 Å². The first-order valence-corrected chi connectivity index (χ1v) is 12.3. The molecular formula is C26H23N3O6S. The second-order valence-corrected chi connectivity index (χ2v) is 9.71. The number of nitrogen functional groups attached to an aromatic ring is 1. The zero-order chi connectivity index (χ0) is 25.7. The lowest BCUT2D eigenvalue weighted by molar-refractivity contribution is 0.0691. The van der Waals surface area contributed by atoms with Crippen LogP contribution < -0.4 is 15.2 Å². The Balaban J connectivity index is 1.91. The van der Waals surface area contributed by atoms with Gasteiger partial charge in [-0.15, -0.1) is 0 Å². The highest BCUT2D eigenvalue weighted by molar-refractivity contribution is 7.91. The average molecular weight is 506 g/mol. The molecule has 0 spiro atoms. The van der Waals surface area contributed by atoms with Crippen LogP contribution in [0.4, 0.5) is 5.69 Å². The molecule has 0 bridgehead atoms. The summed E-state index contributed by atoms with van der Waals surface area (Å²) in [6, 6.07) is 13.9. The Morgan fingerprint density at radius 3 is 2.19 bits per heavy atom. The van der Waals surface area contributed by atoms with Gasteiger partial charge in [0.25, 0.3) is 0 Å². The predicted molar refractivity (Wildman–Crippen MR) is 132 cm³/mol. The Bertz CT molecular complexity index is 1480. The van der Waals surface area contributed by atoms with Crippen molar-refractivity contribution in [3.63, 3.8) is 0 Å². The summed E-state index contributed by atoms with van der Waals surface area (Å²) in [6.07, 6.45) is 6.62. The topological polar surface area (TPSA) is 142 Å². The SMILES string of the molecule is COc1ccc(S(=O)(=O)c2c(C(=O)O)cc(Cc3cccnc3)c(N)c2OCc2cccnc2)cc1. The van der Waals surface area contributed by atoms with Gasteiger partial charge < -0.3 is 20.3 Å². The highest BCUT2D eigenvalue weighted by atomic mass is 32.2. The van der Waals surface area contributed by atoms with Gasteiger partial charge in [-0.25, -0.2) is 13.2 Å². The van der Waals surface area contributed by atoms with Crippen molar-refractivity contribution in [3.05, 3.63) is 102 Å². The summed E-state index contributed by atoms with van der Waals surface area (Å²) in [6.45, 7) is -0.0709. The van der Waals surface area contributed by atoms with Gasteiger partial charge in [0.15, 0.2) is 5.75 Å². The number of methoxy groups -OCH3 is 1.